The molecule has 2 aromatic rings. The molecule has 0 amide bonds. The van der Waals surface area contributed by atoms with Crippen LogP contribution in [0.15, 0.2) is 18.3 Å². The van der Waals surface area contributed by atoms with Crippen LogP contribution in [0.2, 0.25) is 5.15 Å². The second-order valence-corrected chi connectivity index (χ2v) is 3.36. The van der Waals surface area contributed by atoms with Crippen LogP contribution in [-0.2, 0) is 16.1 Å². The van der Waals surface area contributed by atoms with Crippen molar-refractivity contribution in [1.82, 2.24) is 14.6 Å². The molecule has 0 aliphatic rings. The normalized spacial score (nSPS) is 10.5. The first-order valence-corrected chi connectivity index (χ1v) is 4.67. The number of nitrogens with zero attached hydrogens (tertiary/aromatic N) is 3. The second kappa shape index (κ2) is 3.86. The predicted molar refractivity (Wildman–Crippen MR) is 53.5 cm³/mol. The van der Waals surface area contributed by atoms with Gasteiger partial charge in [-0.2, -0.15) is 5.10 Å². The summed E-state index contributed by atoms with van der Waals surface area (Å²) in [5.74, 6) is -0.333. The molecule has 0 aliphatic carbocycles. The molecule has 5 nitrogen and oxygen atoms in total. The minimum absolute atomic E-state index is 0.154. The highest BCUT2D eigenvalue weighted by Crippen LogP contribution is 2.09. The molecule has 0 saturated carbocycles. The second-order valence-electron chi connectivity index (χ2n) is 2.97. The summed E-state index contributed by atoms with van der Waals surface area (Å²) in [5.41, 5.74) is 1.30. The molecule has 0 radical (unpaired) electrons. The van der Waals surface area contributed by atoms with E-state index >= 15 is 0 Å². The zero-order valence-electron chi connectivity index (χ0n) is 7.98. The SMILES string of the molecule is CC(=O)OCc1ccc2nc(Cl)cn2n1. The highest BCUT2D eigenvalue weighted by Gasteiger charge is 2.02. The third-order valence-electron chi connectivity index (χ3n) is 1.77. The smallest absolute Gasteiger partial charge is 0.303 e. The molecule has 2 heterocycles. The van der Waals surface area contributed by atoms with Gasteiger partial charge in [0.15, 0.2) is 5.65 Å². The molecule has 15 heavy (non-hydrogen) atoms. The van der Waals surface area contributed by atoms with Crippen LogP contribution in [0, 0.1) is 0 Å². The quantitative estimate of drug-likeness (QED) is 0.726. The maximum absolute atomic E-state index is 10.6. The molecule has 2 aromatic heterocycles. The fraction of sp³-hybridized carbons (Fsp3) is 0.222. The predicted octanol–water partition coefficient (Wildman–Crippen LogP) is 1.45. The van der Waals surface area contributed by atoms with Crippen LogP contribution < -0.4 is 0 Å². The Kier molecular flexibility index (Phi) is 2.55. The molecule has 0 atom stereocenters. The Balaban J connectivity index is 2.26. The molecule has 0 fully saturated rings. The Morgan fingerprint density at radius 1 is 1.60 bits per heavy atom. The molecule has 0 saturated heterocycles. The molecule has 0 spiro atoms. The highest BCUT2D eigenvalue weighted by atomic mass is 35.5. The first-order chi connectivity index (χ1) is 7.15. The maximum Gasteiger partial charge on any atom is 0.303 e. The Morgan fingerprint density at radius 3 is 3.13 bits per heavy atom. The van der Waals surface area contributed by atoms with Crippen molar-refractivity contribution < 1.29 is 9.53 Å². The van der Waals surface area contributed by atoms with Gasteiger partial charge in [-0.25, -0.2) is 9.50 Å². The summed E-state index contributed by atoms with van der Waals surface area (Å²) in [6, 6.07) is 3.50. The summed E-state index contributed by atoms with van der Waals surface area (Å²) in [4.78, 5) is 14.6. The lowest BCUT2D eigenvalue weighted by Gasteiger charge is -2.01. The number of aromatic nitrogens is 3. The van der Waals surface area contributed by atoms with Crippen LogP contribution in [0.3, 0.4) is 0 Å². The number of hydrogen-bond acceptors (Lipinski definition) is 4. The number of halogens is 1. The Hall–Kier alpha value is -1.62. The standard InChI is InChI=1S/C9H8ClN3O2/c1-6(14)15-5-7-2-3-9-11-8(10)4-13(9)12-7/h2-4H,5H2,1H3. The van der Waals surface area contributed by atoms with Gasteiger partial charge in [0, 0.05) is 6.92 Å². The van der Waals surface area contributed by atoms with Crippen LogP contribution >= 0.6 is 11.6 Å². The molecule has 2 rings (SSSR count). The summed E-state index contributed by atoms with van der Waals surface area (Å²) in [6.07, 6.45) is 1.59. The largest absolute Gasteiger partial charge is 0.459 e. The lowest BCUT2D eigenvalue weighted by Crippen LogP contribution is -2.03. The Morgan fingerprint density at radius 2 is 2.40 bits per heavy atom. The van der Waals surface area contributed by atoms with Gasteiger partial charge in [0.2, 0.25) is 0 Å². The van der Waals surface area contributed by atoms with E-state index in [1.165, 1.54) is 6.92 Å². The van der Waals surface area contributed by atoms with Crippen molar-refractivity contribution in [2.75, 3.05) is 0 Å². The first kappa shape index (κ1) is 9.92. The van der Waals surface area contributed by atoms with E-state index in [0.29, 0.717) is 16.5 Å². The van der Waals surface area contributed by atoms with Gasteiger partial charge in [-0.3, -0.25) is 4.79 Å². The zero-order valence-corrected chi connectivity index (χ0v) is 8.73. The molecule has 0 unspecified atom stereocenters. The number of fused-ring (bicyclic) bond motifs is 1. The monoisotopic (exact) mass is 225 g/mol. The highest BCUT2D eigenvalue weighted by molar-refractivity contribution is 6.29. The van der Waals surface area contributed by atoms with Gasteiger partial charge in [-0.15, -0.1) is 0 Å². The van der Waals surface area contributed by atoms with Gasteiger partial charge in [0.25, 0.3) is 0 Å². The minimum atomic E-state index is -0.333. The van der Waals surface area contributed by atoms with Gasteiger partial charge in [0.05, 0.1) is 11.9 Å². The Labute approximate surface area is 90.6 Å². The first-order valence-electron chi connectivity index (χ1n) is 4.29. The average molecular weight is 226 g/mol. The molecule has 0 aromatic carbocycles. The van der Waals surface area contributed by atoms with E-state index in [1.54, 1.807) is 22.8 Å². The van der Waals surface area contributed by atoms with E-state index in [4.69, 9.17) is 16.3 Å². The van der Waals surface area contributed by atoms with E-state index in [-0.39, 0.29) is 12.6 Å². The summed E-state index contributed by atoms with van der Waals surface area (Å²) < 4.78 is 6.36. The van der Waals surface area contributed by atoms with Gasteiger partial charge >= 0.3 is 5.97 Å². The third kappa shape index (κ3) is 2.24. The van der Waals surface area contributed by atoms with Crippen LogP contribution in [0.5, 0.6) is 0 Å². The van der Waals surface area contributed by atoms with Crippen molar-refractivity contribution in [1.29, 1.82) is 0 Å². The molecule has 0 N–H and O–H groups in total. The van der Waals surface area contributed by atoms with Crippen molar-refractivity contribution in [3.8, 4) is 0 Å². The number of carbonyl (C=O) groups is 1. The van der Waals surface area contributed by atoms with Crippen molar-refractivity contribution in [3.63, 3.8) is 0 Å². The van der Waals surface area contributed by atoms with E-state index in [2.05, 4.69) is 10.1 Å². The van der Waals surface area contributed by atoms with Gasteiger partial charge in [-0.1, -0.05) is 11.6 Å². The van der Waals surface area contributed by atoms with E-state index < -0.39 is 0 Å². The molecule has 0 aliphatic heterocycles. The van der Waals surface area contributed by atoms with Crippen molar-refractivity contribution >= 4 is 23.2 Å². The fourth-order valence-electron chi connectivity index (χ4n) is 1.15. The molecular formula is C9H8ClN3O2. The van der Waals surface area contributed by atoms with Crippen LogP contribution in [0.4, 0.5) is 0 Å². The zero-order chi connectivity index (χ0) is 10.8. The van der Waals surface area contributed by atoms with Crippen molar-refractivity contribution in [3.05, 3.63) is 29.2 Å². The number of imidazole rings is 1. The fourth-order valence-corrected chi connectivity index (χ4v) is 1.32. The lowest BCUT2D eigenvalue weighted by atomic mass is 10.4. The number of rotatable bonds is 2. The number of carbonyl (C=O) groups excluding carboxylic acids is 1. The third-order valence-corrected chi connectivity index (χ3v) is 1.95. The minimum Gasteiger partial charge on any atom is -0.459 e. The van der Waals surface area contributed by atoms with Crippen molar-refractivity contribution in [2.24, 2.45) is 0 Å². The van der Waals surface area contributed by atoms with E-state index in [1.807, 2.05) is 0 Å². The maximum atomic E-state index is 10.6. The van der Waals surface area contributed by atoms with Gasteiger partial charge in [0.1, 0.15) is 11.8 Å². The van der Waals surface area contributed by atoms with Crippen LogP contribution in [-0.4, -0.2) is 20.6 Å². The molecular weight excluding hydrogens is 218 g/mol. The summed E-state index contributed by atoms with van der Waals surface area (Å²) in [6.45, 7) is 1.51. The number of esters is 1. The molecule has 78 valence electrons. The number of hydrogen-bond donors (Lipinski definition) is 0. The van der Waals surface area contributed by atoms with Gasteiger partial charge < -0.3 is 4.74 Å². The Bertz CT molecular complexity index is 509. The van der Waals surface area contributed by atoms with Gasteiger partial charge in [-0.05, 0) is 12.1 Å². The molecule has 0 bridgehead atoms. The van der Waals surface area contributed by atoms with E-state index in [9.17, 15) is 4.79 Å². The lowest BCUT2D eigenvalue weighted by molar-refractivity contribution is -0.142. The topological polar surface area (TPSA) is 56.5 Å². The molecule has 6 heteroatoms. The average Bonchev–Trinajstić information content (AvgIpc) is 2.53. The summed E-state index contributed by atoms with van der Waals surface area (Å²) in [7, 11) is 0. The van der Waals surface area contributed by atoms with Crippen LogP contribution in [0.25, 0.3) is 5.65 Å². The van der Waals surface area contributed by atoms with E-state index in [0.717, 1.165) is 0 Å². The van der Waals surface area contributed by atoms with Crippen molar-refractivity contribution in [2.45, 2.75) is 13.5 Å². The number of ether oxygens (including phenoxy) is 1. The van der Waals surface area contributed by atoms with Crippen LogP contribution in [0.1, 0.15) is 12.6 Å². The summed E-state index contributed by atoms with van der Waals surface area (Å²) >= 11 is 5.71. The summed E-state index contributed by atoms with van der Waals surface area (Å²) in [5, 5.41) is 4.54.